The number of hydrogen-bond acceptors (Lipinski definition) is 4. The van der Waals surface area contributed by atoms with Gasteiger partial charge in [-0.25, -0.2) is 0 Å². The quantitative estimate of drug-likeness (QED) is 0.491. The molecule has 0 spiro atoms. The molecule has 0 saturated carbocycles. The van der Waals surface area contributed by atoms with Crippen LogP contribution < -0.4 is 24.8 Å². The smallest absolute Gasteiger partial charge is 0.191 e. The predicted molar refractivity (Wildman–Crippen MR) is 112 cm³/mol. The minimum absolute atomic E-state index is 0.600. The summed E-state index contributed by atoms with van der Waals surface area (Å²) >= 11 is 3.57. The molecule has 2 aromatic rings. The lowest BCUT2D eigenvalue weighted by Gasteiger charge is -2.15. The summed E-state index contributed by atoms with van der Waals surface area (Å²) in [6, 6.07) is 11.9. The average molecular weight is 436 g/mol. The van der Waals surface area contributed by atoms with Crippen LogP contribution in [0.15, 0.2) is 45.9 Å². The molecule has 0 unspecified atom stereocenters. The van der Waals surface area contributed by atoms with Crippen LogP contribution in [0.4, 0.5) is 0 Å². The summed E-state index contributed by atoms with van der Waals surface area (Å²) in [5, 5.41) is 6.64. The van der Waals surface area contributed by atoms with Gasteiger partial charge in [-0.15, -0.1) is 0 Å². The van der Waals surface area contributed by atoms with E-state index in [9.17, 15) is 0 Å². The van der Waals surface area contributed by atoms with Gasteiger partial charge in [0.25, 0.3) is 0 Å². The van der Waals surface area contributed by atoms with E-state index in [1.807, 2.05) is 24.3 Å². The van der Waals surface area contributed by atoms with Gasteiger partial charge in [-0.2, -0.15) is 0 Å². The summed E-state index contributed by atoms with van der Waals surface area (Å²) in [7, 11) is 6.68. The second-order valence-electron chi connectivity index (χ2n) is 5.75. The van der Waals surface area contributed by atoms with Crippen molar-refractivity contribution in [3.63, 3.8) is 0 Å². The van der Waals surface area contributed by atoms with Gasteiger partial charge in [0.15, 0.2) is 17.5 Å². The van der Waals surface area contributed by atoms with E-state index in [0.717, 1.165) is 34.7 Å². The number of guanidine groups is 1. The molecule has 0 aliphatic heterocycles. The zero-order valence-corrected chi connectivity index (χ0v) is 17.7. The Morgan fingerprint density at radius 3 is 2.22 bits per heavy atom. The zero-order chi connectivity index (χ0) is 19.6. The Hall–Kier alpha value is -2.41. The molecule has 0 aromatic heterocycles. The van der Waals surface area contributed by atoms with Crippen LogP contribution >= 0.6 is 15.9 Å². The van der Waals surface area contributed by atoms with Gasteiger partial charge >= 0.3 is 0 Å². The first-order chi connectivity index (χ1) is 13.1. The first-order valence-corrected chi connectivity index (χ1v) is 9.38. The number of benzene rings is 2. The van der Waals surface area contributed by atoms with Crippen molar-refractivity contribution in [1.82, 2.24) is 10.6 Å². The molecule has 2 rings (SSSR count). The van der Waals surface area contributed by atoms with E-state index in [4.69, 9.17) is 14.2 Å². The highest BCUT2D eigenvalue weighted by Crippen LogP contribution is 2.33. The molecule has 6 nitrogen and oxygen atoms in total. The monoisotopic (exact) mass is 435 g/mol. The number of halogens is 1. The van der Waals surface area contributed by atoms with Crippen molar-refractivity contribution >= 4 is 21.9 Å². The number of rotatable bonds is 8. The van der Waals surface area contributed by atoms with Crippen molar-refractivity contribution in [3.05, 3.63) is 52.0 Å². The highest BCUT2D eigenvalue weighted by molar-refractivity contribution is 9.10. The van der Waals surface area contributed by atoms with Crippen molar-refractivity contribution < 1.29 is 14.2 Å². The topological polar surface area (TPSA) is 64.1 Å². The molecule has 0 bridgehead atoms. The van der Waals surface area contributed by atoms with Crippen LogP contribution in [-0.4, -0.2) is 40.9 Å². The molecule has 2 N–H and O–H groups in total. The van der Waals surface area contributed by atoms with E-state index in [0.29, 0.717) is 18.0 Å². The first-order valence-electron chi connectivity index (χ1n) is 8.59. The van der Waals surface area contributed by atoms with E-state index < -0.39 is 0 Å². The van der Waals surface area contributed by atoms with Crippen LogP contribution in [0.3, 0.4) is 0 Å². The summed E-state index contributed by atoms with van der Waals surface area (Å²) in [4.78, 5) is 4.27. The Bertz CT molecular complexity index is 764. The van der Waals surface area contributed by atoms with Gasteiger partial charge in [-0.1, -0.05) is 28.1 Å². The molecule has 0 saturated heterocycles. The third-order valence-electron chi connectivity index (χ3n) is 4.09. The molecule has 0 atom stereocenters. The number of aliphatic imine (C=N–C) groups is 1. The molecule has 7 heteroatoms. The van der Waals surface area contributed by atoms with Gasteiger partial charge in [-0.3, -0.25) is 4.99 Å². The fraction of sp³-hybridized carbons (Fsp3) is 0.350. The van der Waals surface area contributed by atoms with Crippen LogP contribution in [0.1, 0.15) is 11.1 Å². The summed E-state index contributed by atoms with van der Waals surface area (Å²) < 4.78 is 16.8. The first kappa shape index (κ1) is 20.9. The standard InChI is InChI=1S/C20H26BrN3O3/c1-22-20(23-10-9-14-5-7-16(25-2)8-6-14)24-13-15-11-18(26-3)19(27-4)12-17(15)21/h5-8,11-12H,9-10,13H2,1-4H3,(H2,22,23,24). The van der Waals surface area contributed by atoms with Gasteiger partial charge in [0, 0.05) is 24.6 Å². The molecule has 0 aliphatic rings. The van der Waals surface area contributed by atoms with Gasteiger partial charge in [0.1, 0.15) is 5.75 Å². The highest BCUT2D eigenvalue weighted by Gasteiger charge is 2.10. The third kappa shape index (κ3) is 6.06. The SMILES string of the molecule is CN=C(NCCc1ccc(OC)cc1)NCc1cc(OC)c(OC)cc1Br. The van der Waals surface area contributed by atoms with Crippen molar-refractivity contribution in [1.29, 1.82) is 0 Å². The molecule has 0 aliphatic carbocycles. The summed E-state index contributed by atoms with van der Waals surface area (Å²) in [5.41, 5.74) is 2.28. The predicted octanol–water partition coefficient (Wildman–Crippen LogP) is 3.38. The normalized spacial score (nSPS) is 11.1. The Morgan fingerprint density at radius 1 is 0.963 bits per heavy atom. The molecule has 27 heavy (non-hydrogen) atoms. The van der Waals surface area contributed by atoms with Crippen LogP contribution in [0, 0.1) is 0 Å². The Morgan fingerprint density at radius 2 is 1.63 bits per heavy atom. The lowest BCUT2D eigenvalue weighted by atomic mass is 10.1. The highest BCUT2D eigenvalue weighted by atomic mass is 79.9. The average Bonchev–Trinajstić information content (AvgIpc) is 2.71. The molecular formula is C20H26BrN3O3. The third-order valence-corrected chi connectivity index (χ3v) is 4.83. The number of ether oxygens (including phenoxy) is 3. The minimum Gasteiger partial charge on any atom is -0.497 e. The van der Waals surface area contributed by atoms with Gasteiger partial charge in [0.05, 0.1) is 21.3 Å². The molecule has 146 valence electrons. The molecule has 0 heterocycles. The zero-order valence-electron chi connectivity index (χ0n) is 16.1. The van der Waals surface area contributed by atoms with Gasteiger partial charge in [0.2, 0.25) is 0 Å². The summed E-state index contributed by atoms with van der Waals surface area (Å²) in [6.45, 7) is 1.38. The molecule has 0 radical (unpaired) electrons. The lowest BCUT2D eigenvalue weighted by Crippen LogP contribution is -2.37. The van der Waals surface area contributed by atoms with Crippen LogP contribution in [0.2, 0.25) is 0 Å². The minimum atomic E-state index is 0.600. The van der Waals surface area contributed by atoms with Crippen molar-refractivity contribution in [2.45, 2.75) is 13.0 Å². The van der Waals surface area contributed by atoms with E-state index in [-0.39, 0.29) is 0 Å². The van der Waals surface area contributed by atoms with E-state index in [1.165, 1.54) is 5.56 Å². The maximum atomic E-state index is 5.37. The lowest BCUT2D eigenvalue weighted by molar-refractivity contribution is 0.354. The summed E-state index contributed by atoms with van der Waals surface area (Å²) in [6.07, 6.45) is 0.894. The maximum absolute atomic E-state index is 5.37. The number of hydrogen-bond donors (Lipinski definition) is 2. The number of nitrogens with one attached hydrogen (secondary N) is 2. The van der Waals surface area contributed by atoms with Crippen LogP contribution in [-0.2, 0) is 13.0 Å². The molecule has 2 aromatic carbocycles. The number of methoxy groups -OCH3 is 3. The maximum Gasteiger partial charge on any atom is 0.191 e. The summed E-state index contributed by atoms with van der Waals surface area (Å²) in [5.74, 6) is 2.99. The van der Waals surface area contributed by atoms with Gasteiger partial charge < -0.3 is 24.8 Å². The Labute approximate surface area is 169 Å². The van der Waals surface area contributed by atoms with Crippen molar-refractivity contribution in [2.75, 3.05) is 34.9 Å². The Balaban J connectivity index is 1.88. The van der Waals surface area contributed by atoms with Crippen LogP contribution in [0.5, 0.6) is 17.2 Å². The van der Waals surface area contributed by atoms with E-state index >= 15 is 0 Å². The fourth-order valence-electron chi connectivity index (χ4n) is 2.55. The molecule has 0 fully saturated rings. The Kier molecular flexibility index (Phi) is 8.26. The van der Waals surface area contributed by atoms with E-state index in [2.05, 4.69) is 43.7 Å². The molecule has 0 amide bonds. The van der Waals surface area contributed by atoms with Crippen molar-refractivity contribution in [2.24, 2.45) is 4.99 Å². The van der Waals surface area contributed by atoms with Crippen LogP contribution in [0.25, 0.3) is 0 Å². The fourth-order valence-corrected chi connectivity index (χ4v) is 3.01. The van der Waals surface area contributed by atoms with Gasteiger partial charge in [-0.05, 0) is 41.8 Å². The van der Waals surface area contributed by atoms with Crippen molar-refractivity contribution in [3.8, 4) is 17.2 Å². The number of nitrogens with zero attached hydrogens (tertiary/aromatic N) is 1. The second-order valence-corrected chi connectivity index (χ2v) is 6.60. The van der Waals surface area contributed by atoms with E-state index in [1.54, 1.807) is 28.4 Å². The second kappa shape index (κ2) is 10.7. The largest absolute Gasteiger partial charge is 0.497 e. The molecular weight excluding hydrogens is 410 g/mol.